The predicted octanol–water partition coefficient (Wildman–Crippen LogP) is 5.84. The molecule has 0 aliphatic heterocycles. The van der Waals surface area contributed by atoms with Crippen LogP contribution in [0.3, 0.4) is 0 Å². The Morgan fingerprint density at radius 3 is 2.57 bits per heavy atom. The lowest BCUT2D eigenvalue weighted by molar-refractivity contribution is -0.137. The van der Waals surface area contributed by atoms with Crippen LogP contribution in [-0.4, -0.2) is 22.7 Å². The third-order valence-electron chi connectivity index (χ3n) is 4.14. The summed E-state index contributed by atoms with van der Waals surface area (Å²) >= 11 is 5.62. The number of nitrogens with zero attached hydrogens (tertiary/aromatic N) is 2. The van der Waals surface area contributed by atoms with Crippen molar-refractivity contribution in [2.24, 2.45) is 0 Å². The Morgan fingerprint density at radius 1 is 1.32 bits per heavy atom. The number of aromatic nitrogens is 2. The van der Waals surface area contributed by atoms with Crippen LogP contribution in [0, 0.1) is 0 Å². The number of benzene rings is 1. The first-order valence-corrected chi connectivity index (χ1v) is 9.27. The van der Waals surface area contributed by atoms with Crippen LogP contribution in [0.25, 0.3) is 0 Å². The molecule has 1 aromatic carbocycles. The van der Waals surface area contributed by atoms with E-state index in [-0.39, 0.29) is 5.95 Å². The van der Waals surface area contributed by atoms with Gasteiger partial charge in [0, 0.05) is 12.6 Å². The number of alkyl halides is 3. The predicted molar refractivity (Wildman–Crippen MR) is 99.4 cm³/mol. The Hall–Kier alpha value is -1.96. The number of hydrogen-bond donors (Lipinski definition) is 1. The molecule has 0 radical (unpaired) electrons. The minimum absolute atomic E-state index is 0.101. The number of methoxy groups -OCH3 is 1. The summed E-state index contributed by atoms with van der Waals surface area (Å²) in [6.07, 6.45) is -2.89. The van der Waals surface area contributed by atoms with E-state index in [0.717, 1.165) is 5.56 Å². The van der Waals surface area contributed by atoms with Crippen LogP contribution in [0.4, 0.5) is 24.8 Å². The van der Waals surface area contributed by atoms with E-state index in [1.165, 1.54) is 7.11 Å². The smallest absolute Gasteiger partial charge is 0.420 e. The van der Waals surface area contributed by atoms with Gasteiger partial charge in [-0.2, -0.15) is 13.2 Å². The van der Waals surface area contributed by atoms with Crippen LogP contribution in [0.15, 0.2) is 24.4 Å². The molecule has 1 aromatic heterocycles. The zero-order chi connectivity index (χ0) is 20.9. The monoisotopic (exact) mass is 435 g/mol. The zero-order valence-corrected chi connectivity index (χ0v) is 17.0. The Labute approximate surface area is 166 Å². The second kappa shape index (κ2) is 9.03. The van der Waals surface area contributed by atoms with Gasteiger partial charge in [0.15, 0.2) is 0 Å². The number of anilines is 2. The Bertz CT molecular complexity index is 854. The van der Waals surface area contributed by atoms with E-state index in [2.05, 4.69) is 15.3 Å². The van der Waals surface area contributed by atoms with Gasteiger partial charge in [-0.05, 0) is 31.0 Å². The molecule has 11 heteroatoms. The molecule has 28 heavy (non-hydrogen) atoms. The van der Waals surface area contributed by atoms with E-state index in [0.29, 0.717) is 30.5 Å². The normalized spacial score (nSPS) is 14.0. The summed E-state index contributed by atoms with van der Waals surface area (Å²) in [7, 11) is 1.06. The van der Waals surface area contributed by atoms with Crippen molar-refractivity contribution in [3.05, 3.63) is 40.7 Å². The maximum Gasteiger partial charge on any atom is 0.420 e. The van der Waals surface area contributed by atoms with Gasteiger partial charge in [-0.15, -0.1) is 0 Å². The van der Waals surface area contributed by atoms with Crippen molar-refractivity contribution in [2.75, 3.05) is 12.4 Å². The van der Waals surface area contributed by atoms with Gasteiger partial charge in [-0.3, -0.25) is 4.52 Å². The average Bonchev–Trinajstić information content (AvgIpc) is 2.62. The fourth-order valence-electron chi connectivity index (χ4n) is 2.42. The highest BCUT2D eigenvalue weighted by molar-refractivity contribution is 7.17. The summed E-state index contributed by atoms with van der Waals surface area (Å²) in [5.41, 5.74) is -0.420. The fourth-order valence-corrected chi connectivity index (χ4v) is 3.03. The van der Waals surface area contributed by atoms with Crippen molar-refractivity contribution in [3.63, 3.8) is 0 Å². The third-order valence-corrected chi connectivity index (χ3v) is 4.95. The molecule has 1 N–H and O–H groups in total. The van der Waals surface area contributed by atoms with E-state index >= 15 is 0 Å². The highest BCUT2D eigenvalue weighted by Crippen LogP contribution is 2.35. The Balaban J connectivity index is 2.25. The summed E-state index contributed by atoms with van der Waals surface area (Å²) in [5.74, 6) is 0.325. The highest BCUT2D eigenvalue weighted by Gasteiger charge is 2.34. The molecule has 0 aliphatic rings. The Kier molecular flexibility index (Phi) is 7.20. The molecule has 6 nitrogen and oxygen atoms in total. The summed E-state index contributed by atoms with van der Waals surface area (Å²) in [6, 6.07) is 5.20. The standard InChI is InChI=1S/C17H18ClF3N3O3P/c1-4-16(2,27-28-25)8-10-5-6-12(13(7-10)26-3)23-15-22-9-11(14(18)24-15)17(19,20)21/h5-7,9H,4,8H2,1-3H3,(H,22,23,24). The number of nitrogens with one attached hydrogen (secondary N) is 1. The molecule has 1 heterocycles. The first-order chi connectivity index (χ1) is 13.1. The maximum absolute atomic E-state index is 12.8. The molecule has 0 bridgehead atoms. The number of halogens is 4. The van der Waals surface area contributed by atoms with Crippen molar-refractivity contribution in [2.45, 2.75) is 38.5 Å². The van der Waals surface area contributed by atoms with Gasteiger partial charge in [0.2, 0.25) is 5.95 Å². The summed E-state index contributed by atoms with van der Waals surface area (Å²) in [5, 5.41) is 2.09. The number of hydrogen-bond acceptors (Lipinski definition) is 6. The first-order valence-electron chi connectivity index (χ1n) is 8.16. The van der Waals surface area contributed by atoms with Crippen LogP contribution >= 0.6 is 20.3 Å². The molecule has 2 aromatic rings. The topological polar surface area (TPSA) is 73.3 Å². The van der Waals surface area contributed by atoms with Crippen LogP contribution < -0.4 is 10.1 Å². The van der Waals surface area contributed by atoms with Gasteiger partial charge in [-0.25, -0.2) is 14.5 Å². The average molecular weight is 436 g/mol. The van der Waals surface area contributed by atoms with Crippen molar-refractivity contribution < 1.29 is 27.0 Å². The minimum Gasteiger partial charge on any atom is -0.495 e. The lowest BCUT2D eigenvalue weighted by atomic mass is 9.94. The van der Waals surface area contributed by atoms with Gasteiger partial charge in [0.05, 0.1) is 18.4 Å². The molecular weight excluding hydrogens is 418 g/mol. The molecule has 1 unspecified atom stereocenters. The summed E-state index contributed by atoms with van der Waals surface area (Å²) < 4.78 is 59.7. The minimum atomic E-state index is -4.63. The second-order valence-corrected chi connectivity index (χ2v) is 6.89. The zero-order valence-electron chi connectivity index (χ0n) is 15.3. The van der Waals surface area contributed by atoms with Crippen LogP contribution in [0.5, 0.6) is 5.75 Å². The second-order valence-electron chi connectivity index (χ2n) is 6.20. The molecule has 0 amide bonds. The van der Waals surface area contributed by atoms with Crippen LogP contribution in [0.2, 0.25) is 5.15 Å². The Morgan fingerprint density at radius 2 is 2.04 bits per heavy atom. The van der Waals surface area contributed by atoms with E-state index in [9.17, 15) is 17.7 Å². The van der Waals surface area contributed by atoms with Crippen LogP contribution in [-0.2, 0) is 21.7 Å². The maximum atomic E-state index is 12.8. The van der Waals surface area contributed by atoms with E-state index in [1.807, 2.05) is 13.8 Å². The molecule has 0 saturated heterocycles. The van der Waals surface area contributed by atoms with Crippen LogP contribution in [0.1, 0.15) is 31.4 Å². The van der Waals surface area contributed by atoms with Gasteiger partial charge in [-0.1, -0.05) is 24.6 Å². The van der Waals surface area contributed by atoms with E-state index < -0.39 is 31.2 Å². The van der Waals surface area contributed by atoms with Crippen molar-refractivity contribution in [3.8, 4) is 5.75 Å². The van der Waals surface area contributed by atoms with Gasteiger partial charge in [0.25, 0.3) is 0 Å². The molecular formula is C17H18ClF3N3O3P. The lowest BCUT2D eigenvalue weighted by Gasteiger charge is -2.25. The lowest BCUT2D eigenvalue weighted by Crippen LogP contribution is -2.27. The highest BCUT2D eigenvalue weighted by atomic mass is 35.5. The largest absolute Gasteiger partial charge is 0.495 e. The molecule has 1 atom stereocenters. The van der Waals surface area contributed by atoms with Gasteiger partial charge in [0.1, 0.15) is 16.5 Å². The van der Waals surface area contributed by atoms with Crippen molar-refractivity contribution in [1.82, 2.24) is 9.97 Å². The quantitative estimate of drug-likeness (QED) is 0.415. The fraction of sp³-hybridized carbons (Fsp3) is 0.412. The van der Waals surface area contributed by atoms with E-state index in [1.54, 1.807) is 18.2 Å². The molecule has 152 valence electrons. The molecule has 0 spiro atoms. The van der Waals surface area contributed by atoms with Crippen molar-refractivity contribution in [1.29, 1.82) is 0 Å². The first kappa shape index (κ1) is 22.3. The van der Waals surface area contributed by atoms with E-state index in [4.69, 9.17) is 20.9 Å². The molecule has 0 saturated carbocycles. The number of rotatable bonds is 8. The van der Waals surface area contributed by atoms with Gasteiger partial charge < -0.3 is 10.1 Å². The molecule has 0 aliphatic carbocycles. The summed E-state index contributed by atoms with van der Waals surface area (Å²) in [4.78, 5) is 7.30. The summed E-state index contributed by atoms with van der Waals surface area (Å²) in [6.45, 7) is 3.76. The number of ether oxygens (including phenoxy) is 1. The third kappa shape index (κ3) is 5.53. The molecule has 2 rings (SSSR count). The SMILES string of the molecule is CCC(C)(Cc1ccc(Nc2ncc(C(F)(F)F)c(Cl)n2)c(OC)c1)OP=O. The van der Waals surface area contributed by atoms with Crippen molar-refractivity contribution >= 4 is 31.9 Å². The molecule has 0 fully saturated rings. The van der Waals surface area contributed by atoms with Gasteiger partial charge >= 0.3 is 14.9 Å².